The van der Waals surface area contributed by atoms with Gasteiger partial charge in [-0.15, -0.1) is 11.3 Å². The van der Waals surface area contributed by atoms with Crippen molar-refractivity contribution in [2.75, 3.05) is 10.6 Å². The van der Waals surface area contributed by atoms with Crippen molar-refractivity contribution in [3.05, 3.63) is 86.3 Å². The number of nitrogens with one attached hydrogen (secondary N) is 2. The van der Waals surface area contributed by atoms with E-state index in [-0.39, 0.29) is 17.3 Å². The maximum atomic E-state index is 13.1. The first-order chi connectivity index (χ1) is 18.0. The van der Waals surface area contributed by atoms with Crippen LogP contribution in [-0.2, 0) is 19.9 Å². The molecule has 0 bridgehead atoms. The Kier molecular flexibility index (Phi) is 5.84. The molecule has 0 aliphatic heterocycles. The molecule has 5 aromatic rings. The Bertz CT molecular complexity index is 1690. The Morgan fingerprint density at radius 1 is 1.14 bits per heavy atom. The van der Waals surface area contributed by atoms with Gasteiger partial charge >= 0.3 is 0 Å². The molecule has 0 atom stereocenters. The van der Waals surface area contributed by atoms with Crippen LogP contribution in [-0.4, -0.2) is 20.4 Å². The van der Waals surface area contributed by atoms with Gasteiger partial charge in [0.2, 0.25) is 0 Å². The second-order valence-electron chi connectivity index (χ2n) is 9.25. The van der Waals surface area contributed by atoms with E-state index in [0.717, 1.165) is 34.5 Å². The van der Waals surface area contributed by atoms with E-state index >= 15 is 0 Å². The maximum Gasteiger partial charge on any atom is 0.293 e. The van der Waals surface area contributed by atoms with E-state index in [2.05, 4.69) is 20.6 Å². The van der Waals surface area contributed by atoms with Gasteiger partial charge in [0.15, 0.2) is 17.8 Å². The Hall–Kier alpha value is -4.24. The van der Waals surface area contributed by atoms with E-state index in [9.17, 15) is 9.59 Å². The second kappa shape index (κ2) is 9.33. The molecular formula is C28H25N5O3S. The zero-order valence-electron chi connectivity index (χ0n) is 20.5. The highest BCUT2D eigenvalue weighted by molar-refractivity contribution is 7.14. The molecule has 0 fully saturated rings. The predicted molar refractivity (Wildman–Crippen MR) is 146 cm³/mol. The van der Waals surface area contributed by atoms with Gasteiger partial charge in [0.25, 0.3) is 11.5 Å². The lowest BCUT2D eigenvalue weighted by molar-refractivity contribution is 0.103. The summed E-state index contributed by atoms with van der Waals surface area (Å²) in [6, 6.07) is 13.2. The minimum atomic E-state index is -0.257. The first kappa shape index (κ1) is 23.2. The van der Waals surface area contributed by atoms with Crippen LogP contribution in [0.25, 0.3) is 22.4 Å². The molecule has 2 aromatic carbocycles. The van der Waals surface area contributed by atoms with Crippen LogP contribution in [0.2, 0.25) is 0 Å². The van der Waals surface area contributed by atoms with Crippen LogP contribution < -0.4 is 16.2 Å². The number of oxazole rings is 1. The highest BCUT2D eigenvalue weighted by Gasteiger charge is 2.19. The van der Waals surface area contributed by atoms with Gasteiger partial charge in [-0.2, -0.15) is 0 Å². The molecule has 37 heavy (non-hydrogen) atoms. The van der Waals surface area contributed by atoms with Crippen LogP contribution in [0.5, 0.6) is 0 Å². The third kappa shape index (κ3) is 4.42. The monoisotopic (exact) mass is 511 g/mol. The fourth-order valence-electron chi connectivity index (χ4n) is 4.72. The Balaban J connectivity index is 1.30. The summed E-state index contributed by atoms with van der Waals surface area (Å²) < 4.78 is 6.79. The number of anilines is 3. The fourth-order valence-corrected chi connectivity index (χ4v) is 5.87. The summed E-state index contributed by atoms with van der Waals surface area (Å²) in [5.41, 5.74) is 6.12. The standard InChI is InChI=1S/C28H25N5O3S/c1-16-19(7-5-8-20(16)32-27(34)25-12-17-6-3-4-9-24(17)37-25)22-14-33(2)28(35)26(31-22)30-18-10-11-23-21(13-18)29-15-36-23/h5,7-8,10-15H,3-4,6,9H2,1-2H3,(H,30,31)(H,32,34). The van der Waals surface area contributed by atoms with Crippen molar-refractivity contribution in [2.45, 2.75) is 32.6 Å². The van der Waals surface area contributed by atoms with Crippen molar-refractivity contribution in [3.8, 4) is 11.3 Å². The quantitative estimate of drug-likeness (QED) is 0.308. The number of fused-ring (bicyclic) bond motifs is 2. The first-order valence-corrected chi connectivity index (χ1v) is 13.0. The average Bonchev–Trinajstić information content (AvgIpc) is 3.54. The molecule has 0 saturated heterocycles. The zero-order valence-corrected chi connectivity index (χ0v) is 21.3. The fraction of sp³-hybridized carbons (Fsp3) is 0.214. The van der Waals surface area contributed by atoms with E-state index < -0.39 is 0 Å². The molecule has 3 heterocycles. The molecule has 0 radical (unpaired) electrons. The second-order valence-corrected chi connectivity index (χ2v) is 10.4. The molecule has 9 heteroatoms. The molecule has 1 aliphatic rings. The van der Waals surface area contributed by atoms with Crippen LogP contribution >= 0.6 is 11.3 Å². The van der Waals surface area contributed by atoms with Gasteiger partial charge in [0.05, 0.1) is 10.6 Å². The number of amides is 1. The lowest BCUT2D eigenvalue weighted by Gasteiger charge is -2.14. The van der Waals surface area contributed by atoms with Gasteiger partial charge in [0.1, 0.15) is 5.52 Å². The van der Waals surface area contributed by atoms with E-state index in [4.69, 9.17) is 4.42 Å². The van der Waals surface area contributed by atoms with E-state index in [1.807, 2.05) is 37.3 Å². The van der Waals surface area contributed by atoms with Crippen molar-refractivity contribution in [3.63, 3.8) is 0 Å². The summed E-state index contributed by atoms with van der Waals surface area (Å²) in [5.74, 6) is 0.0968. The topological polar surface area (TPSA) is 102 Å². The van der Waals surface area contributed by atoms with Crippen molar-refractivity contribution < 1.29 is 9.21 Å². The lowest BCUT2D eigenvalue weighted by Crippen LogP contribution is -2.21. The number of hydrogen-bond acceptors (Lipinski definition) is 7. The van der Waals surface area contributed by atoms with Crippen LogP contribution in [0.1, 0.15) is 38.5 Å². The molecular weight excluding hydrogens is 486 g/mol. The van der Waals surface area contributed by atoms with Gasteiger partial charge in [0, 0.05) is 35.1 Å². The third-order valence-electron chi connectivity index (χ3n) is 6.74. The number of aryl methyl sites for hydroxylation is 3. The highest BCUT2D eigenvalue weighted by Crippen LogP contribution is 2.32. The molecule has 186 valence electrons. The minimum Gasteiger partial charge on any atom is -0.443 e. The smallest absolute Gasteiger partial charge is 0.293 e. The molecule has 2 N–H and O–H groups in total. The molecule has 0 saturated carbocycles. The summed E-state index contributed by atoms with van der Waals surface area (Å²) in [7, 11) is 1.69. The number of hydrogen-bond donors (Lipinski definition) is 2. The number of carbonyl (C=O) groups excluding carboxylic acids is 1. The van der Waals surface area contributed by atoms with Crippen LogP contribution in [0.15, 0.2) is 64.3 Å². The predicted octanol–water partition coefficient (Wildman–Crippen LogP) is 5.83. The largest absolute Gasteiger partial charge is 0.443 e. The van der Waals surface area contributed by atoms with Gasteiger partial charge in [-0.25, -0.2) is 9.97 Å². The number of nitrogens with zero attached hydrogens (tertiary/aromatic N) is 3. The molecule has 6 rings (SSSR count). The molecule has 0 spiro atoms. The minimum absolute atomic E-state index is 0.0984. The molecule has 1 amide bonds. The van der Waals surface area contributed by atoms with Crippen molar-refractivity contribution in [1.29, 1.82) is 0 Å². The lowest BCUT2D eigenvalue weighted by atomic mass is 9.99. The highest BCUT2D eigenvalue weighted by atomic mass is 32.1. The molecule has 3 aromatic heterocycles. The van der Waals surface area contributed by atoms with Gasteiger partial charge < -0.3 is 19.6 Å². The van der Waals surface area contributed by atoms with Crippen LogP contribution in [0.3, 0.4) is 0 Å². The van der Waals surface area contributed by atoms with Crippen molar-refractivity contribution >= 4 is 45.5 Å². The van der Waals surface area contributed by atoms with Gasteiger partial charge in [-0.1, -0.05) is 12.1 Å². The summed E-state index contributed by atoms with van der Waals surface area (Å²) in [4.78, 5) is 36.8. The van der Waals surface area contributed by atoms with Crippen molar-refractivity contribution in [2.24, 2.45) is 7.05 Å². The number of aromatic nitrogens is 3. The summed E-state index contributed by atoms with van der Waals surface area (Å²) >= 11 is 1.60. The summed E-state index contributed by atoms with van der Waals surface area (Å²) in [6.07, 6.45) is 7.57. The summed E-state index contributed by atoms with van der Waals surface area (Å²) in [6.45, 7) is 1.95. The van der Waals surface area contributed by atoms with Crippen LogP contribution in [0.4, 0.5) is 17.2 Å². The molecule has 1 aliphatic carbocycles. The van der Waals surface area contributed by atoms with Gasteiger partial charge in [-0.05, 0) is 74.1 Å². The van der Waals surface area contributed by atoms with Crippen LogP contribution in [0, 0.1) is 6.92 Å². The van der Waals surface area contributed by atoms with E-state index in [1.165, 1.54) is 34.2 Å². The average molecular weight is 512 g/mol. The number of benzene rings is 2. The normalized spacial score (nSPS) is 12.9. The number of carbonyl (C=O) groups is 1. The van der Waals surface area contributed by atoms with E-state index in [0.29, 0.717) is 22.5 Å². The van der Waals surface area contributed by atoms with Gasteiger partial charge in [-0.3, -0.25) is 9.59 Å². The Morgan fingerprint density at radius 2 is 2.00 bits per heavy atom. The first-order valence-electron chi connectivity index (χ1n) is 12.2. The van der Waals surface area contributed by atoms with E-state index in [1.54, 1.807) is 36.7 Å². The molecule has 8 nitrogen and oxygen atoms in total. The Morgan fingerprint density at radius 3 is 2.86 bits per heavy atom. The molecule has 0 unspecified atom stereocenters. The van der Waals surface area contributed by atoms with Crippen molar-refractivity contribution in [1.82, 2.24) is 14.5 Å². The Labute approximate surface area is 217 Å². The summed E-state index contributed by atoms with van der Waals surface area (Å²) in [5, 5.41) is 6.21. The zero-order chi connectivity index (χ0) is 25.5. The SMILES string of the molecule is Cc1c(NC(=O)c2cc3c(s2)CCCC3)cccc1-c1cn(C)c(=O)c(Nc2ccc3ocnc3c2)n1. The number of thiophene rings is 1. The third-order valence-corrected chi connectivity index (χ3v) is 7.98. The number of rotatable bonds is 5. The maximum absolute atomic E-state index is 13.1.